The maximum absolute atomic E-state index is 14.8. The van der Waals surface area contributed by atoms with Crippen molar-refractivity contribution in [2.45, 2.75) is 71.0 Å². The molecule has 0 radical (unpaired) electrons. The van der Waals surface area contributed by atoms with E-state index in [9.17, 15) is 22.0 Å². The molecule has 37 heavy (non-hydrogen) atoms. The number of unbranched alkanes of at least 4 members (excludes halogenated alkanes) is 1. The Balaban J connectivity index is 1.35. The maximum Gasteiger partial charge on any atom is 0.201 e. The Morgan fingerprint density at radius 1 is 0.811 bits per heavy atom. The van der Waals surface area contributed by atoms with E-state index in [1.807, 2.05) is 6.92 Å². The lowest BCUT2D eigenvalue weighted by Crippen LogP contribution is -2.21. The Labute approximate surface area is 214 Å². The van der Waals surface area contributed by atoms with Gasteiger partial charge in [-0.25, -0.2) is 17.6 Å². The molecule has 0 unspecified atom stereocenters. The Kier molecular flexibility index (Phi) is 8.85. The first kappa shape index (κ1) is 27.1. The van der Waals surface area contributed by atoms with Crippen LogP contribution in [0.15, 0.2) is 42.5 Å². The Hall–Kier alpha value is -2.93. The minimum absolute atomic E-state index is 0.0238. The van der Waals surface area contributed by atoms with Gasteiger partial charge >= 0.3 is 0 Å². The Bertz CT molecular complexity index is 1240. The Morgan fingerprint density at radius 2 is 1.57 bits per heavy atom. The lowest BCUT2D eigenvalue weighted by Gasteiger charge is -2.29. The van der Waals surface area contributed by atoms with E-state index in [1.165, 1.54) is 37.3 Å². The van der Waals surface area contributed by atoms with Crippen LogP contribution >= 0.6 is 0 Å². The summed E-state index contributed by atoms with van der Waals surface area (Å²) in [4.78, 5) is 0. The van der Waals surface area contributed by atoms with Crippen LogP contribution in [-0.4, -0.2) is 12.7 Å². The van der Waals surface area contributed by atoms with Crippen LogP contribution in [0, 0.1) is 36.0 Å². The lowest BCUT2D eigenvalue weighted by molar-refractivity contribution is 0.0119. The SMILES string of the molecule is CCCCOc1ccc(-c2ccc(COC3CCC(c4ccc(C)c(F)c4F)CC3)c(F)c2)c(F)c1F. The fourth-order valence-electron chi connectivity index (χ4n) is 4.75. The second-order valence-electron chi connectivity index (χ2n) is 9.63. The normalized spacial score (nSPS) is 17.7. The number of rotatable bonds is 9. The van der Waals surface area contributed by atoms with Gasteiger partial charge < -0.3 is 9.47 Å². The third kappa shape index (κ3) is 6.15. The maximum atomic E-state index is 14.8. The summed E-state index contributed by atoms with van der Waals surface area (Å²) in [5.41, 5.74) is 1.15. The van der Waals surface area contributed by atoms with Crippen molar-refractivity contribution in [3.63, 3.8) is 0 Å². The van der Waals surface area contributed by atoms with Gasteiger partial charge in [-0.15, -0.1) is 0 Å². The summed E-state index contributed by atoms with van der Waals surface area (Å²) in [7, 11) is 0. The van der Waals surface area contributed by atoms with E-state index < -0.39 is 29.1 Å². The fourth-order valence-corrected chi connectivity index (χ4v) is 4.75. The first-order valence-electron chi connectivity index (χ1n) is 12.8. The van der Waals surface area contributed by atoms with Crippen molar-refractivity contribution in [3.05, 3.63) is 88.2 Å². The fraction of sp³-hybridized carbons (Fsp3) is 0.400. The number of hydrogen-bond donors (Lipinski definition) is 0. The van der Waals surface area contributed by atoms with Crippen LogP contribution in [-0.2, 0) is 11.3 Å². The highest BCUT2D eigenvalue weighted by molar-refractivity contribution is 5.65. The largest absolute Gasteiger partial charge is 0.490 e. The average molecular weight is 519 g/mol. The number of ether oxygens (including phenoxy) is 2. The number of benzene rings is 3. The zero-order valence-electron chi connectivity index (χ0n) is 21.1. The van der Waals surface area contributed by atoms with Gasteiger partial charge in [0.2, 0.25) is 5.82 Å². The van der Waals surface area contributed by atoms with Crippen LogP contribution in [0.2, 0.25) is 0 Å². The van der Waals surface area contributed by atoms with Gasteiger partial charge in [-0.2, -0.15) is 4.39 Å². The van der Waals surface area contributed by atoms with Gasteiger partial charge in [0.1, 0.15) is 5.82 Å². The van der Waals surface area contributed by atoms with Crippen LogP contribution < -0.4 is 4.74 Å². The highest BCUT2D eigenvalue weighted by Gasteiger charge is 2.26. The molecule has 0 aromatic heterocycles. The summed E-state index contributed by atoms with van der Waals surface area (Å²) in [5, 5.41) is 0. The van der Waals surface area contributed by atoms with E-state index in [2.05, 4.69) is 0 Å². The molecule has 1 saturated carbocycles. The summed E-state index contributed by atoms with van der Waals surface area (Å²) in [5.74, 6) is -4.57. The van der Waals surface area contributed by atoms with Crippen molar-refractivity contribution in [2.75, 3.05) is 6.61 Å². The highest BCUT2D eigenvalue weighted by atomic mass is 19.2. The van der Waals surface area contributed by atoms with Crippen LogP contribution in [0.3, 0.4) is 0 Å². The Morgan fingerprint density at radius 3 is 2.27 bits per heavy atom. The quantitative estimate of drug-likeness (QED) is 0.208. The summed E-state index contributed by atoms with van der Waals surface area (Å²) in [6.45, 7) is 3.82. The second-order valence-corrected chi connectivity index (χ2v) is 9.63. The molecule has 1 aliphatic carbocycles. The third-order valence-electron chi connectivity index (χ3n) is 7.06. The smallest absolute Gasteiger partial charge is 0.201 e. The molecule has 3 aromatic rings. The van der Waals surface area contributed by atoms with E-state index in [4.69, 9.17) is 9.47 Å². The molecule has 1 fully saturated rings. The van der Waals surface area contributed by atoms with Crippen LogP contribution in [0.5, 0.6) is 5.75 Å². The van der Waals surface area contributed by atoms with Gasteiger partial charge in [0, 0.05) is 11.1 Å². The molecule has 0 amide bonds. The van der Waals surface area contributed by atoms with Crippen LogP contribution in [0.4, 0.5) is 22.0 Å². The van der Waals surface area contributed by atoms with E-state index in [0.717, 1.165) is 12.8 Å². The van der Waals surface area contributed by atoms with Gasteiger partial charge in [-0.3, -0.25) is 0 Å². The molecule has 4 rings (SSSR count). The molecule has 0 atom stereocenters. The highest BCUT2D eigenvalue weighted by Crippen LogP contribution is 2.37. The molecular weight excluding hydrogens is 487 g/mol. The average Bonchev–Trinajstić information content (AvgIpc) is 2.90. The molecular formula is C30H31F5O2. The lowest BCUT2D eigenvalue weighted by atomic mass is 9.82. The summed E-state index contributed by atoms with van der Waals surface area (Å²) >= 11 is 0. The van der Waals surface area contributed by atoms with Gasteiger partial charge in [0.05, 0.1) is 19.3 Å². The van der Waals surface area contributed by atoms with Crippen molar-refractivity contribution >= 4 is 0 Å². The molecule has 1 aliphatic rings. The van der Waals surface area contributed by atoms with E-state index >= 15 is 0 Å². The standard InChI is InChI=1S/C30H31F5O2/c1-3-4-15-36-26-14-13-24(29(34)30(26)35)20-6-7-21(25(31)16-20)17-37-22-10-8-19(9-11-22)23-12-5-18(2)27(32)28(23)33/h5-7,12-14,16,19,22H,3-4,8-11,15,17H2,1-2H3. The second kappa shape index (κ2) is 12.1. The van der Waals surface area contributed by atoms with E-state index in [0.29, 0.717) is 43.4 Å². The summed E-state index contributed by atoms with van der Waals surface area (Å²) < 4.78 is 83.4. The molecule has 198 valence electrons. The first-order chi connectivity index (χ1) is 17.8. The number of halogens is 5. The van der Waals surface area contributed by atoms with E-state index in [-0.39, 0.29) is 41.1 Å². The zero-order valence-corrected chi connectivity index (χ0v) is 21.1. The molecule has 0 heterocycles. The van der Waals surface area contributed by atoms with Crippen LogP contribution in [0.25, 0.3) is 11.1 Å². The topological polar surface area (TPSA) is 18.5 Å². The van der Waals surface area contributed by atoms with Gasteiger partial charge in [-0.05, 0) is 79.8 Å². The predicted molar refractivity (Wildman–Crippen MR) is 133 cm³/mol. The minimum Gasteiger partial charge on any atom is -0.490 e. The minimum atomic E-state index is -1.09. The zero-order chi connectivity index (χ0) is 26.5. The molecule has 0 spiro atoms. The van der Waals surface area contributed by atoms with Gasteiger partial charge in [-0.1, -0.05) is 37.6 Å². The molecule has 7 heteroatoms. The molecule has 3 aromatic carbocycles. The third-order valence-corrected chi connectivity index (χ3v) is 7.06. The monoisotopic (exact) mass is 518 g/mol. The summed E-state index contributed by atoms with van der Waals surface area (Å²) in [6, 6.07) is 10.2. The molecule has 2 nitrogen and oxygen atoms in total. The van der Waals surface area contributed by atoms with E-state index in [1.54, 1.807) is 12.1 Å². The molecule has 0 saturated heterocycles. The van der Waals surface area contributed by atoms with Crippen molar-refractivity contribution in [1.82, 2.24) is 0 Å². The van der Waals surface area contributed by atoms with Gasteiger partial charge in [0.25, 0.3) is 0 Å². The van der Waals surface area contributed by atoms with Crippen LogP contribution in [0.1, 0.15) is 68.1 Å². The van der Waals surface area contributed by atoms with Crippen molar-refractivity contribution < 1.29 is 31.4 Å². The van der Waals surface area contributed by atoms with Crippen molar-refractivity contribution in [2.24, 2.45) is 0 Å². The number of aryl methyl sites for hydroxylation is 1. The van der Waals surface area contributed by atoms with Crippen molar-refractivity contribution in [3.8, 4) is 16.9 Å². The molecule has 0 aliphatic heterocycles. The molecule has 0 N–H and O–H groups in total. The number of hydrogen-bond acceptors (Lipinski definition) is 2. The molecule has 0 bridgehead atoms. The first-order valence-corrected chi connectivity index (χ1v) is 12.8. The van der Waals surface area contributed by atoms with Gasteiger partial charge in [0.15, 0.2) is 23.2 Å². The summed E-state index contributed by atoms with van der Waals surface area (Å²) in [6.07, 6.45) is 4.06. The predicted octanol–water partition coefficient (Wildman–Crippen LogP) is 8.78. The van der Waals surface area contributed by atoms with Crippen molar-refractivity contribution in [1.29, 1.82) is 0 Å².